The Morgan fingerprint density at radius 3 is 2.58 bits per heavy atom. The van der Waals surface area contributed by atoms with Crippen molar-refractivity contribution >= 4 is 11.4 Å². The van der Waals surface area contributed by atoms with Crippen LogP contribution in [-0.2, 0) is 16.8 Å². The lowest BCUT2D eigenvalue weighted by atomic mass is 9.88. The molecule has 2 aromatic rings. The van der Waals surface area contributed by atoms with E-state index in [2.05, 4.69) is 25.8 Å². The average molecular weight is 329 g/mol. The summed E-state index contributed by atoms with van der Waals surface area (Å²) in [5.41, 5.74) is 2.32. The van der Waals surface area contributed by atoms with Gasteiger partial charge in [-0.1, -0.05) is 27.7 Å². The SMILES string of the molecule is CC[C@@H](C(C)=O)N(C)Cc1cnc2cc(C(C)(C)C)ccn2c1=O. The zero-order valence-corrected chi connectivity index (χ0v) is 15.5. The minimum atomic E-state index is -0.173. The third-order valence-electron chi connectivity index (χ3n) is 4.45. The van der Waals surface area contributed by atoms with Crippen LogP contribution in [0.1, 0.15) is 52.2 Å². The van der Waals surface area contributed by atoms with Gasteiger partial charge in [-0.15, -0.1) is 0 Å². The number of likely N-dealkylation sites (N-methyl/N-ethyl adjacent to an activating group) is 1. The van der Waals surface area contributed by atoms with Crippen molar-refractivity contribution in [2.75, 3.05) is 7.05 Å². The highest BCUT2D eigenvalue weighted by atomic mass is 16.1. The van der Waals surface area contributed by atoms with Crippen molar-refractivity contribution in [3.8, 4) is 0 Å². The molecule has 0 unspecified atom stereocenters. The van der Waals surface area contributed by atoms with E-state index in [1.54, 1.807) is 23.7 Å². The molecule has 0 N–H and O–H groups in total. The van der Waals surface area contributed by atoms with Crippen molar-refractivity contribution < 1.29 is 4.79 Å². The molecule has 0 aromatic carbocycles. The van der Waals surface area contributed by atoms with Gasteiger partial charge in [0.15, 0.2) is 0 Å². The second kappa shape index (κ2) is 6.85. The van der Waals surface area contributed by atoms with Gasteiger partial charge in [-0.2, -0.15) is 0 Å². The van der Waals surface area contributed by atoms with Crippen LogP contribution in [0.2, 0.25) is 0 Å². The minimum Gasteiger partial charge on any atom is -0.298 e. The number of nitrogens with zero attached hydrogens (tertiary/aromatic N) is 3. The maximum atomic E-state index is 12.7. The predicted molar refractivity (Wildman–Crippen MR) is 96.4 cm³/mol. The Labute approximate surface area is 143 Å². The molecule has 0 aliphatic rings. The molecule has 130 valence electrons. The number of pyridine rings is 1. The van der Waals surface area contributed by atoms with Gasteiger partial charge >= 0.3 is 0 Å². The Hall–Kier alpha value is -2.01. The van der Waals surface area contributed by atoms with Gasteiger partial charge in [-0.05, 0) is 43.5 Å². The first-order valence-electron chi connectivity index (χ1n) is 8.36. The molecule has 2 aromatic heterocycles. The highest BCUT2D eigenvalue weighted by Crippen LogP contribution is 2.22. The Balaban J connectivity index is 2.39. The molecule has 1 atom stereocenters. The van der Waals surface area contributed by atoms with Gasteiger partial charge in [0.1, 0.15) is 11.4 Å². The monoisotopic (exact) mass is 329 g/mol. The highest BCUT2D eigenvalue weighted by molar-refractivity contribution is 5.81. The maximum absolute atomic E-state index is 12.7. The first kappa shape index (κ1) is 18.3. The summed E-state index contributed by atoms with van der Waals surface area (Å²) in [4.78, 5) is 30.8. The van der Waals surface area contributed by atoms with Gasteiger partial charge < -0.3 is 0 Å². The molecule has 2 heterocycles. The Bertz CT molecular complexity index is 802. The number of fused-ring (bicyclic) bond motifs is 1. The van der Waals surface area contributed by atoms with E-state index in [1.807, 2.05) is 31.0 Å². The van der Waals surface area contributed by atoms with E-state index >= 15 is 0 Å². The molecule has 0 aliphatic carbocycles. The van der Waals surface area contributed by atoms with Gasteiger partial charge in [0.2, 0.25) is 0 Å². The van der Waals surface area contributed by atoms with Crippen molar-refractivity contribution in [2.24, 2.45) is 0 Å². The summed E-state index contributed by atoms with van der Waals surface area (Å²) in [6.45, 7) is 10.4. The summed E-state index contributed by atoms with van der Waals surface area (Å²) < 4.78 is 1.58. The summed E-state index contributed by atoms with van der Waals surface area (Å²) in [6.07, 6.45) is 4.15. The van der Waals surface area contributed by atoms with E-state index in [0.717, 1.165) is 12.0 Å². The van der Waals surface area contributed by atoms with E-state index in [9.17, 15) is 9.59 Å². The quantitative estimate of drug-likeness (QED) is 0.846. The number of Topliss-reactive ketones (excluding diaryl/α,β-unsaturated/α-hetero) is 1. The van der Waals surface area contributed by atoms with Crippen LogP contribution in [-0.4, -0.2) is 33.2 Å². The lowest BCUT2D eigenvalue weighted by molar-refractivity contribution is -0.122. The van der Waals surface area contributed by atoms with Crippen molar-refractivity contribution in [2.45, 2.75) is 59.0 Å². The van der Waals surface area contributed by atoms with Crippen molar-refractivity contribution in [3.63, 3.8) is 0 Å². The fourth-order valence-corrected chi connectivity index (χ4v) is 2.98. The molecular formula is C19H27N3O2. The molecule has 24 heavy (non-hydrogen) atoms. The third-order valence-corrected chi connectivity index (χ3v) is 4.45. The van der Waals surface area contributed by atoms with Gasteiger partial charge in [-0.3, -0.25) is 18.9 Å². The number of ketones is 1. The van der Waals surface area contributed by atoms with Crippen LogP contribution in [0.15, 0.2) is 29.3 Å². The summed E-state index contributed by atoms with van der Waals surface area (Å²) >= 11 is 0. The minimum absolute atomic E-state index is 0.00814. The highest BCUT2D eigenvalue weighted by Gasteiger charge is 2.19. The molecule has 0 aliphatic heterocycles. The molecule has 0 radical (unpaired) electrons. The van der Waals surface area contributed by atoms with Crippen LogP contribution >= 0.6 is 0 Å². The molecule has 2 rings (SSSR count). The summed E-state index contributed by atoms with van der Waals surface area (Å²) in [5, 5.41) is 0. The average Bonchev–Trinajstić information content (AvgIpc) is 2.49. The molecule has 5 heteroatoms. The molecule has 0 fully saturated rings. The summed E-state index contributed by atoms with van der Waals surface area (Å²) in [6, 6.07) is 3.75. The molecule has 0 spiro atoms. The fraction of sp³-hybridized carbons (Fsp3) is 0.526. The van der Waals surface area contributed by atoms with Gasteiger partial charge in [0.05, 0.1) is 11.6 Å². The topological polar surface area (TPSA) is 54.7 Å². The van der Waals surface area contributed by atoms with Crippen molar-refractivity contribution in [1.29, 1.82) is 0 Å². The smallest absolute Gasteiger partial charge is 0.262 e. The Morgan fingerprint density at radius 2 is 2.04 bits per heavy atom. The first-order chi connectivity index (χ1) is 11.1. The number of carbonyl (C=O) groups is 1. The van der Waals surface area contributed by atoms with E-state index < -0.39 is 0 Å². The lowest BCUT2D eigenvalue weighted by Crippen LogP contribution is -2.38. The fourth-order valence-electron chi connectivity index (χ4n) is 2.98. The van der Waals surface area contributed by atoms with Crippen LogP contribution < -0.4 is 5.56 Å². The second-order valence-electron chi connectivity index (χ2n) is 7.43. The normalized spacial score (nSPS) is 13.5. The first-order valence-corrected chi connectivity index (χ1v) is 8.36. The zero-order chi connectivity index (χ0) is 18.1. The Morgan fingerprint density at radius 1 is 1.38 bits per heavy atom. The number of rotatable bonds is 5. The lowest BCUT2D eigenvalue weighted by Gasteiger charge is -2.24. The molecule has 0 saturated heterocycles. The van der Waals surface area contributed by atoms with Crippen LogP contribution in [0.5, 0.6) is 0 Å². The summed E-state index contributed by atoms with van der Waals surface area (Å²) in [5.74, 6) is 0.115. The number of aromatic nitrogens is 2. The molecule has 5 nitrogen and oxygen atoms in total. The molecular weight excluding hydrogens is 302 g/mol. The van der Waals surface area contributed by atoms with Crippen LogP contribution in [0, 0.1) is 0 Å². The summed E-state index contributed by atoms with van der Waals surface area (Å²) in [7, 11) is 1.87. The van der Waals surface area contributed by atoms with Gasteiger partial charge in [0.25, 0.3) is 5.56 Å². The van der Waals surface area contributed by atoms with Crippen LogP contribution in [0.3, 0.4) is 0 Å². The zero-order valence-electron chi connectivity index (χ0n) is 15.5. The van der Waals surface area contributed by atoms with Gasteiger partial charge in [0, 0.05) is 18.9 Å². The van der Waals surface area contributed by atoms with Crippen molar-refractivity contribution in [1.82, 2.24) is 14.3 Å². The van der Waals surface area contributed by atoms with E-state index in [4.69, 9.17) is 0 Å². The van der Waals surface area contributed by atoms with E-state index in [1.165, 1.54) is 0 Å². The Kier molecular flexibility index (Phi) is 5.23. The maximum Gasteiger partial charge on any atom is 0.262 e. The third kappa shape index (κ3) is 3.73. The van der Waals surface area contributed by atoms with Crippen molar-refractivity contribution in [3.05, 3.63) is 46.0 Å². The number of carbonyl (C=O) groups excluding carboxylic acids is 1. The number of hydrogen-bond donors (Lipinski definition) is 0. The van der Waals surface area contributed by atoms with Gasteiger partial charge in [-0.25, -0.2) is 4.98 Å². The van der Waals surface area contributed by atoms with E-state index in [-0.39, 0.29) is 22.8 Å². The van der Waals surface area contributed by atoms with Crippen LogP contribution in [0.25, 0.3) is 5.65 Å². The van der Waals surface area contributed by atoms with Crippen LogP contribution in [0.4, 0.5) is 0 Å². The largest absolute Gasteiger partial charge is 0.298 e. The van der Waals surface area contributed by atoms with E-state index in [0.29, 0.717) is 17.8 Å². The second-order valence-corrected chi connectivity index (χ2v) is 7.43. The predicted octanol–water partition coefficient (Wildman–Crippen LogP) is 2.79. The standard InChI is InChI=1S/C19H27N3O2/c1-7-16(13(2)23)21(6)12-14-11-20-17-10-15(19(3,4)5)8-9-22(17)18(14)24/h8-11,16H,7,12H2,1-6H3/t16-/m0/s1. The molecule has 0 saturated carbocycles. The molecule has 0 amide bonds. The molecule has 0 bridgehead atoms. The number of hydrogen-bond acceptors (Lipinski definition) is 4.